The number of benzene rings is 3. The van der Waals surface area contributed by atoms with Gasteiger partial charge in [-0.2, -0.15) is 0 Å². The zero-order chi connectivity index (χ0) is 26.2. The van der Waals surface area contributed by atoms with E-state index >= 15 is 0 Å². The number of carbonyl (C=O) groups excluding carboxylic acids is 2. The molecule has 0 fully saturated rings. The number of amides is 1. The average Bonchev–Trinajstić information content (AvgIpc) is 3.00. The first-order chi connectivity index (χ1) is 17.8. The van der Waals surface area contributed by atoms with Crippen LogP contribution < -0.4 is 5.32 Å². The lowest BCUT2D eigenvalue weighted by molar-refractivity contribution is -0.125. The molecule has 1 aromatic heterocycles. The zero-order valence-electron chi connectivity index (χ0n) is 21.2. The number of aryl methyl sites for hydroxylation is 2. The van der Waals surface area contributed by atoms with Crippen molar-refractivity contribution in [3.05, 3.63) is 119 Å². The quantitative estimate of drug-likeness (QED) is 0.311. The second-order valence-corrected chi connectivity index (χ2v) is 10.2. The Hall–Kier alpha value is -4.12. The normalized spacial score (nSPS) is 16.5. The highest BCUT2D eigenvalue weighted by atomic mass is 19.1. The van der Waals surface area contributed by atoms with Crippen molar-refractivity contribution < 1.29 is 14.0 Å². The zero-order valence-corrected chi connectivity index (χ0v) is 21.2. The topological polar surface area (TPSA) is 59.1 Å². The number of hydrogen-bond donors (Lipinski definition) is 1. The molecule has 0 bridgehead atoms. The summed E-state index contributed by atoms with van der Waals surface area (Å²) < 4.78 is 13.3. The molecule has 1 atom stereocenters. The van der Waals surface area contributed by atoms with Gasteiger partial charge in [0.2, 0.25) is 0 Å². The Bertz CT molecular complexity index is 1480. The van der Waals surface area contributed by atoms with Gasteiger partial charge >= 0.3 is 0 Å². The van der Waals surface area contributed by atoms with Gasteiger partial charge in [0.1, 0.15) is 5.82 Å². The smallest absolute Gasteiger partial charge is 0.255 e. The second kappa shape index (κ2) is 9.74. The third-order valence-corrected chi connectivity index (χ3v) is 7.35. The molecule has 0 radical (unpaired) electrons. The molecule has 0 saturated heterocycles. The number of aromatic nitrogens is 1. The van der Waals surface area contributed by atoms with E-state index < -0.39 is 5.41 Å². The molecule has 1 unspecified atom stereocenters. The van der Waals surface area contributed by atoms with E-state index in [0.717, 1.165) is 39.9 Å². The highest BCUT2D eigenvalue weighted by molar-refractivity contribution is 6.06. The van der Waals surface area contributed by atoms with Crippen molar-refractivity contribution >= 4 is 17.4 Å². The molecule has 1 amide bonds. The minimum atomic E-state index is -0.744. The van der Waals surface area contributed by atoms with Crippen molar-refractivity contribution in [2.24, 2.45) is 0 Å². The van der Waals surface area contributed by atoms with E-state index in [4.69, 9.17) is 0 Å². The van der Waals surface area contributed by atoms with Crippen LogP contribution in [-0.4, -0.2) is 16.7 Å². The van der Waals surface area contributed by atoms with Crippen molar-refractivity contribution in [2.75, 3.05) is 5.32 Å². The van der Waals surface area contributed by atoms with Gasteiger partial charge in [-0.15, -0.1) is 0 Å². The number of hydrogen-bond acceptors (Lipinski definition) is 3. The number of ketones is 1. The Kier molecular flexibility index (Phi) is 6.46. The van der Waals surface area contributed by atoms with Crippen LogP contribution >= 0.6 is 0 Å². The second-order valence-electron chi connectivity index (χ2n) is 10.2. The number of nitrogens with zero attached hydrogens (tertiary/aromatic N) is 1. The molecule has 4 nitrogen and oxygen atoms in total. The molecular weight excluding hydrogens is 463 g/mol. The maximum absolute atomic E-state index is 13.9. The molecule has 5 rings (SSSR count). The number of nitrogens with one attached hydrogen (secondary N) is 1. The Morgan fingerprint density at radius 2 is 1.78 bits per heavy atom. The van der Waals surface area contributed by atoms with Gasteiger partial charge in [0.25, 0.3) is 5.91 Å². The van der Waals surface area contributed by atoms with E-state index in [1.54, 1.807) is 6.20 Å². The summed E-state index contributed by atoms with van der Waals surface area (Å²) in [5, 5.41) is 2.86. The molecule has 0 spiro atoms. The summed E-state index contributed by atoms with van der Waals surface area (Å²) in [4.78, 5) is 31.6. The van der Waals surface area contributed by atoms with E-state index in [1.165, 1.54) is 24.3 Å². The summed E-state index contributed by atoms with van der Waals surface area (Å²) in [5.74, 6) is -0.743. The van der Waals surface area contributed by atoms with Gasteiger partial charge in [0.05, 0.1) is 11.6 Å². The Balaban J connectivity index is 1.55. The summed E-state index contributed by atoms with van der Waals surface area (Å²) in [6, 6.07) is 23.4. The van der Waals surface area contributed by atoms with Crippen molar-refractivity contribution in [3.8, 4) is 11.1 Å². The maximum atomic E-state index is 13.9. The third kappa shape index (κ3) is 4.69. The van der Waals surface area contributed by atoms with Gasteiger partial charge in [0, 0.05) is 22.9 Å². The summed E-state index contributed by atoms with van der Waals surface area (Å²) >= 11 is 0. The Labute approximate surface area is 216 Å². The minimum Gasteiger partial charge on any atom is -0.322 e. The number of Topliss-reactive ketones (excluding diaryl/α,β-unsaturated/α-hetero) is 1. The lowest BCUT2D eigenvalue weighted by Gasteiger charge is -2.29. The largest absolute Gasteiger partial charge is 0.322 e. The van der Waals surface area contributed by atoms with Gasteiger partial charge in [-0.1, -0.05) is 36.4 Å². The van der Waals surface area contributed by atoms with Crippen molar-refractivity contribution in [2.45, 2.75) is 44.9 Å². The number of anilines is 1. The highest BCUT2D eigenvalue weighted by Gasteiger charge is 2.41. The van der Waals surface area contributed by atoms with Crippen LogP contribution in [-0.2, 0) is 16.6 Å². The number of pyridine rings is 1. The first kappa shape index (κ1) is 24.6. The first-order valence-electron chi connectivity index (χ1n) is 12.5. The Morgan fingerprint density at radius 1 is 1.00 bits per heavy atom. The van der Waals surface area contributed by atoms with Crippen LogP contribution in [0.5, 0.6) is 0 Å². The minimum absolute atomic E-state index is 0.152. The number of halogens is 1. The van der Waals surface area contributed by atoms with Gasteiger partial charge in [-0.05, 0) is 104 Å². The lowest BCUT2D eigenvalue weighted by atomic mass is 9.72. The summed E-state index contributed by atoms with van der Waals surface area (Å²) in [6.45, 7) is 5.88. The molecule has 3 aromatic carbocycles. The lowest BCUT2D eigenvalue weighted by Crippen LogP contribution is -2.33. The molecular formula is C32H29FN2O2. The summed E-state index contributed by atoms with van der Waals surface area (Å²) in [5.41, 5.74) is 5.93. The predicted molar refractivity (Wildman–Crippen MR) is 144 cm³/mol. The molecule has 4 aromatic rings. The van der Waals surface area contributed by atoms with Crippen LogP contribution in [0.15, 0.2) is 85.1 Å². The van der Waals surface area contributed by atoms with Crippen molar-refractivity contribution in [1.82, 2.24) is 4.98 Å². The van der Waals surface area contributed by atoms with Crippen LogP contribution in [0.3, 0.4) is 0 Å². The molecule has 37 heavy (non-hydrogen) atoms. The fraction of sp³-hybridized carbons (Fsp3) is 0.219. The summed E-state index contributed by atoms with van der Waals surface area (Å²) in [6.07, 6.45) is 3.21. The maximum Gasteiger partial charge on any atom is 0.255 e. The molecule has 1 aliphatic rings. The van der Waals surface area contributed by atoms with E-state index in [-0.39, 0.29) is 23.4 Å². The predicted octanol–water partition coefficient (Wildman–Crippen LogP) is 7.03. The number of carbonyl (C=O) groups is 2. The highest BCUT2D eigenvalue weighted by Crippen LogP contribution is 2.43. The van der Waals surface area contributed by atoms with E-state index in [0.29, 0.717) is 17.7 Å². The van der Waals surface area contributed by atoms with Crippen LogP contribution in [0, 0.1) is 12.7 Å². The average molecular weight is 493 g/mol. The monoisotopic (exact) mass is 492 g/mol. The van der Waals surface area contributed by atoms with Crippen LogP contribution in [0.4, 0.5) is 10.1 Å². The fourth-order valence-electron chi connectivity index (χ4n) is 5.41. The van der Waals surface area contributed by atoms with Crippen LogP contribution in [0.2, 0.25) is 0 Å². The molecule has 0 saturated carbocycles. The number of rotatable bonds is 4. The van der Waals surface area contributed by atoms with Crippen LogP contribution in [0.1, 0.15) is 58.9 Å². The van der Waals surface area contributed by atoms with E-state index in [2.05, 4.69) is 16.4 Å². The fourth-order valence-corrected chi connectivity index (χ4v) is 5.41. The number of fused-ring (bicyclic) bond motifs is 1. The van der Waals surface area contributed by atoms with Gasteiger partial charge in [-0.3, -0.25) is 14.6 Å². The molecule has 1 heterocycles. The van der Waals surface area contributed by atoms with Crippen LogP contribution in [0.25, 0.3) is 11.1 Å². The molecule has 5 heteroatoms. The molecule has 1 N–H and O–H groups in total. The molecule has 1 aliphatic carbocycles. The third-order valence-electron chi connectivity index (χ3n) is 7.35. The van der Waals surface area contributed by atoms with Crippen molar-refractivity contribution in [1.29, 1.82) is 0 Å². The summed E-state index contributed by atoms with van der Waals surface area (Å²) in [7, 11) is 0. The van der Waals surface area contributed by atoms with E-state index in [1.807, 2.05) is 69.3 Å². The van der Waals surface area contributed by atoms with E-state index in [9.17, 15) is 14.0 Å². The molecule has 186 valence electrons. The Morgan fingerprint density at radius 3 is 2.51 bits per heavy atom. The SMILES string of the molecule is Cc1ccc(-c2cccc3c2C(C)(C)C(=O)C(c2ccccn2)CC3)cc1C(=O)Nc1ccc(F)cc1. The van der Waals surface area contributed by atoms with Gasteiger partial charge < -0.3 is 5.32 Å². The standard InChI is InChI=1S/C32H29FN2O2/c1-20-10-11-22(19-27(20)31(37)35-24-15-13-23(33)14-16-24)25-8-6-7-21-12-17-26(28-9-4-5-18-34-28)30(36)32(2,3)29(21)25/h4-11,13-16,18-19,26H,12,17H2,1-3H3,(H,35,37). The van der Waals surface area contributed by atoms with Gasteiger partial charge in [-0.25, -0.2) is 4.39 Å². The van der Waals surface area contributed by atoms with Crippen molar-refractivity contribution in [3.63, 3.8) is 0 Å². The molecule has 0 aliphatic heterocycles. The first-order valence-corrected chi connectivity index (χ1v) is 12.5. The van der Waals surface area contributed by atoms with Gasteiger partial charge in [0.15, 0.2) is 5.78 Å².